The fourth-order valence-electron chi connectivity index (χ4n) is 2.91. The van der Waals surface area contributed by atoms with Crippen LogP contribution in [0.5, 0.6) is 5.75 Å². The normalized spacial score (nSPS) is 15.1. The Labute approximate surface area is 162 Å². The summed E-state index contributed by atoms with van der Waals surface area (Å²) in [5.74, 6) is 0.761. The Balaban J connectivity index is 1.24. The molecule has 0 unspecified atom stereocenters. The molecule has 1 fully saturated rings. The number of carbonyl (C=O) groups is 1. The standard InChI is InChI=1S/C18H15F3N4O4/c19-18(20,21)28-13-5-3-12(4-6-13)22-15(26)10-25-8-11(9-25)17-23-16(24-29-17)14-2-1-7-27-14/h1-7,11H,8-10H2,(H,22,26). The van der Waals surface area contributed by atoms with Crippen LogP contribution in [0.25, 0.3) is 11.6 Å². The third-order valence-electron chi connectivity index (χ3n) is 4.23. The van der Waals surface area contributed by atoms with Crippen LogP contribution in [0.15, 0.2) is 51.6 Å². The fourth-order valence-corrected chi connectivity index (χ4v) is 2.91. The predicted octanol–water partition coefficient (Wildman–Crippen LogP) is 3.27. The zero-order valence-electron chi connectivity index (χ0n) is 14.8. The molecule has 0 radical (unpaired) electrons. The van der Waals surface area contributed by atoms with Gasteiger partial charge in [-0.25, -0.2) is 0 Å². The highest BCUT2D eigenvalue weighted by Gasteiger charge is 2.34. The zero-order chi connectivity index (χ0) is 20.4. The molecule has 0 spiro atoms. The van der Waals surface area contributed by atoms with E-state index >= 15 is 0 Å². The van der Waals surface area contributed by atoms with Gasteiger partial charge < -0.3 is 19.0 Å². The van der Waals surface area contributed by atoms with E-state index in [-0.39, 0.29) is 24.1 Å². The highest BCUT2D eigenvalue weighted by Crippen LogP contribution is 2.28. The third kappa shape index (κ3) is 4.74. The molecule has 0 saturated carbocycles. The third-order valence-corrected chi connectivity index (χ3v) is 4.23. The van der Waals surface area contributed by atoms with Gasteiger partial charge in [-0.3, -0.25) is 9.69 Å². The van der Waals surface area contributed by atoms with E-state index < -0.39 is 6.36 Å². The van der Waals surface area contributed by atoms with Gasteiger partial charge in [-0.2, -0.15) is 4.98 Å². The summed E-state index contributed by atoms with van der Waals surface area (Å²) in [5.41, 5.74) is 0.376. The maximum atomic E-state index is 12.2. The van der Waals surface area contributed by atoms with Crippen molar-refractivity contribution in [1.82, 2.24) is 15.0 Å². The van der Waals surface area contributed by atoms with Crippen molar-refractivity contribution >= 4 is 11.6 Å². The lowest BCUT2D eigenvalue weighted by molar-refractivity contribution is -0.274. The Kier molecular flexibility index (Phi) is 4.97. The number of carbonyl (C=O) groups excluding carboxylic acids is 1. The first-order chi connectivity index (χ1) is 13.9. The monoisotopic (exact) mass is 408 g/mol. The maximum Gasteiger partial charge on any atom is 0.573 e. The molecular weight excluding hydrogens is 393 g/mol. The first kappa shape index (κ1) is 19.0. The number of likely N-dealkylation sites (tertiary alicyclic amines) is 1. The summed E-state index contributed by atoms with van der Waals surface area (Å²) < 4.78 is 50.7. The molecule has 0 bridgehead atoms. The van der Waals surface area contributed by atoms with Crippen molar-refractivity contribution in [3.8, 4) is 17.3 Å². The van der Waals surface area contributed by atoms with E-state index in [9.17, 15) is 18.0 Å². The molecular formula is C18H15F3N4O4. The summed E-state index contributed by atoms with van der Waals surface area (Å²) in [5, 5.41) is 6.50. The first-order valence-electron chi connectivity index (χ1n) is 8.61. The number of halogens is 3. The Hall–Kier alpha value is -3.34. The number of hydrogen-bond acceptors (Lipinski definition) is 7. The van der Waals surface area contributed by atoms with Crippen molar-refractivity contribution in [2.75, 3.05) is 25.0 Å². The average Bonchev–Trinajstić information content (AvgIpc) is 3.29. The fraction of sp³-hybridized carbons (Fsp3) is 0.278. The van der Waals surface area contributed by atoms with Crippen LogP contribution in [-0.4, -0.2) is 46.9 Å². The molecule has 3 aromatic rings. The summed E-state index contributed by atoms with van der Waals surface area (Å²) in [7, 11) is 0. The highest BCUT2D eigenvalue weighted by molar-refractivity contribution is 5.92. The van der Waals surface area contributed by atoms with Gasteiger partial charge in [0.2, 0.25) is 17.6 Å². The molecule has 3 heterocycles. The minimum atomic E-state index is -4.75. The van der Waals surface area contributed by atoms with E-state index in [1.807, 2.05) is 4.90 Å². The lowest BCUT2D eigenvalue weighted by Crippen LogP contribution is -2.48. The average molecular weight is 408 g/mol. The van der Waals surface area contributed by atoms with Gasteiger partial charge in [-0.15, -0.1) is 13.2 Å². The van der Waals surface area contributed by atoms with Crippen molar-refractivity contribution in [1.29, 1.82) is 0 Å². The van der Waals surface area contributed by atoms with E-state index in [1.54, 1.807) is 12.1 Å². The SMILES string of the molecule is O=C(CN1CC(c2nc(-c3ccco3)no2)C1)Nc1ccc(OC(F)(F)F)cc1. The van der Waals surface area contributed by atoms with Gasteiger partial charge in [-0.1, -0.05) is 5.16 Å². The number of amides is 1. The number of anilines is 1. The number of ether oxygens (including phenoxy) is 1. The van der Waals surface area contributed by atoms with E-state index in [4.69, 9.17) is 8.94 Å². The summed E-state index contributed by atoms with van der Waals surface area (Å²) in [6, 6.07) is 8.41. The second-order valence-electron chi connectivity index (χ2n) is 6.44. The molecule has 2 aromatic heterocycles. The molecule has 8 nitrogen and oxygen atoms in total. The topological polar surface area (TPSA) is 93.6 Å². The Morgan fingerprint density at radius 1 is 1.24 bits per heavy atom. The summed E-state index contributed by atoms with van der Waals surface area (Å²) in [6.07, 6.45) is -3.23. The number of nitrogens with one attached hydrogen (secondary N) is 1. The molecule has 1 aromatic carbocycles. The molecule has 0 atom stereocenters. The second-order valence-corrected chi connectivity index (χ2v) is 6.44. The molecule has 1 amide bonds. The minimum absolute atomic E-state index is 0.0258. The van der Waals surface area contributed by atoms with Gasteiger partial charge in [0.25, 0.3) is 0 Å². The number of hydrogen-bond donors (Lipinski definition) is 1. The van der Waals surface area contributed by atoms with Crippen LogP contribution in [0, 0.1) is 0 Å². The molecule has 1 aliphatic heterocycles. The van der Waals surface area contributed by atoms with Gasteiger partial charge in [0.1, 0.15) is 5.75 Å². The van der Waals surface area contributed by atoms with Crippen molar-refractivity contribution in [3.63, 3.8) is 0 Å². The van der Waals surface area contributed by atoms with E-state index in [2.05, 4.69) is 20.2 Å². The predicted molar refractivity (Wildman–Crippen MR) is 92.9 cm³/mol. The molecule has 1 aliphatic rings. The molecule has 152 valence electrons. The zero-order valence-corrected chi connectivity index (χ0v) is 14.8. The maximum absolute atomic E-state index is 12.2. The Bertz CT molecular complexity index is 964. The molecule has 29 heavy (non-hydrogen) atoms. The minimum Gasteiger partial charge on any atom is -0.461 e. The quantitative estimate of drug-likeness (QED) is 0.669. The molecule has 11 heteroatoms. The molecule has 4 rings (SSSR count). The van der Waals surface area contributed by atoms with Crippen LogP contribution >= 0.6 is 0 Å². The number of benzene rings is 1. The second kappa shape index (κ2) is 7.59. The number of nitrogens with zero attached hydrogens (tertiary/aromatic N) is 3. The highest BCUT2D eigenvalue weighted by atomic mass is 19.4. The molecule has 1 N–H and O–H groups in total. The number of furan rings is 1. The first-order valence-corrected chi connectivity index (χ1v) is 8.61. The molecule has 1 saturated heterocycles. The summed E-state index contributed by atoms with van der Waals surface area (Å²) >= 11 is 0. The Morgan fingerprint density at radius 3 is 2.66 bits per heavy atom. The van der Waals surface area contributed by atoms with Crippen LogP contribution in [0.4, 0.5) is 18.9 Å². The smallest absolute Gasteiger partial charge is 0.461 e. The van der Waals surface area contributed by atoms with Gasteiger partial charge in [-0.05, 0) is 36.4 Å². The largest absolute Gasteiger partial charge is 0.573 e. The van der Waals surface area contributed by atoms with Gasteiger partial charge in [0.15, 0.2) is 5.76 Å². The van der Waals surface area contributed by atoms with Crippen molar-refractivity contribution in [2.24, 2.45) is 0 Å². The molecule has 0 aliphatic carbocycles. The number of alkyl halides is 3. The lowest BCUT2D eigenvalue weighted by Gasteiger charge is -2.36. The van der Waals surface area contributed by atoms with E-state index in [1.165, 1.54) is 18.4 Å². The van der Waals surface area contributed by atoms with Gasteiger partial charge >= 0.3 is 6.36 Å². The van der Waals surface area contributed by atoms with Crippen molar-refractivity contribution < 1.29 is 31.6 Å². The van der Waals surface area contributed by atoms with Crippen LogP contribution in [-0.2, 0) is 4.79 Å². The lowest BCUT2D eigenvalue weighted by atomic mass is 10.0. The summed E-state index contributed by atoms with van der Waals surface area (Å²) in [4.78, 5) is 18.3. The van der Waals surface area contributed by atoms with Gasteiger partial charge in [0, 0.05) is 18.8 Å². The van der Waals surface area contributed by atoms with Crippen LogP contribution in [0.2, 0.25) is 0 Å². The summed E-state index contributed by atoms with van der Waals surface area (Å²) in [6.45, 7) is 1.29. The van der Waals surface area contributed by atoms with Crippen molar-refractivity contribution in [3.05, 3.63) is 48.6 Å². The number of rotatable bonds is 6. The van der Waals surface area contributed by atoms with Crippen molar-refractivity contribution in [2.45, 2.75) is 12.3 Å². The van der Waals surface area contributed by atoms with Crippen LogP contribution in [0.3, 0.4) is 0 Å². The Morgan fingerprint density at radius 2 is 2.00 bits per heavy atom. The van der Waals surface area contributed by atoms with Gasteiger partial charge in [0.05, 0.1) is 18.7 Å². The van der Waals surface area contributed by atoms with Crippen LogP contribution in [0.1, 0.15) is 11.8 Å². The van der Waals surface area contributed by atoms with E-state index in [0.29, 0.717) is 36.3 Å². The number of aromatic nitrogens is 2. The van der Waals surface area contributed by atoms with Crippen LogP contribution < -0.4 is 10.1 Å². The van der Waals surface area contributed by atoms with E-state index in [0.717, 1.165) is 12.1 Å².